The predicted molar refractivity (Wildman–Crippen MR) is 62.8 cm³/mol. The molecule has 0 aromatic heterocycles. The molecule has 0 aromatic rings. The molecule has 4 nitrogen and oxygen atoms in total. The average Bonchev–Trinajstić information content (AvgIpc) is 2.31. The minimum atomic E-state index is 0.195. The van der Waals surface area contributed by atoms with Crippen LogP contribution in [0.1, 0.15) is 39.5 Å². The highest BCUT2D eigenvalue weighted by atomic mass is 16.7. The van der Waals surface area contributed by atoms with E-state index in [1.807, 2.05) is 6.92 Å². The molecule has 0 amide bonds. The quantitative estimate of drug-likeness (QED) is 0.329. The maximum Gasteiger partial charge on any atom is 0.320 e. The Labute approximate surface area is 98.5 Å². The summed E-state index contributed by atoms with van der Waals surface area (Å²) < 4.78 is 20.8. The van der Waals surface area contributed by atoms with Gasteiger partial charge in [0.1, 0.15) is 0 Å². The lowest BCUT2D eigenvalue weighted by Crippen LogP contribution is -2.05. The second kappa shape index (κ2) is 10.6. The molecule has 0 atom stereocenters. The van der Waals surface area contributed by atoms with E-state index in [0.717, 1.165) is 18.6 Å². The van der Waals surface area contributed by atoms with Gasteiger partial charge in [0, 0.05) is 13.0 Å². The normalized spacial score (nSPS) is 12.0. The monoisotopic (exact) mass is 232 g/mol. The predicted octanol–water partition coefficient (Wildman–Crippen LogP) is 3.04. The Morgan fingerprint density at radius 2 is 1.75 bits per heavy atom. The van der Waals surface area contributed by atoms with E-state index in [4.69, 9.17) is 18.9 Å². The van der Waals surface area contributed by atoms with E-state index >= 15 is 0 Å². The Kier molecular flexibility index (Phi) is 10.0. The first-order valence-corrected chi connectivity index (χ1v) is 5.81. The molecule has 96 valence electrons. The van der Waals surface area contributed by atoms with Gasteiger partial charge in [-0.3, -0.25) is 0 Å². The number of ether oxygens (including phenoxy) is 4. The van der Waals surface area contributed by atoms with Crippen LogP contribution in [0.2, 0.25) is 0 Å². The smallest absolute Gasteiger partial charge is 0.320 e. The van der Waals surface area contributed by atoms with Gasteiger partial charge in [-0.1, -0.05) is 19.8 Å². The maximum absolute atomic E-state index is 5.33. The zero-order valence-corrected chi connectivity index (χ0v) is 10.9. The number of hydrogen-bond donors (Lipinski definition) is 0. The van der Waals surface area contributed by atoms with Gasteiger partial charge >= 0.3 is 5.95 Å². The van der Waals surface area contributed by atoms with Gasteiger partial charge < -0.3 is 18.9 Å². The van der Waals surface area contributed by atoms with E-state index in [1.54, 1.807) is 14.2 Å². The number of methoxy groups -OCH3 is 2. The van der Waals surface area contributed by atoms with Crippen LogP contribution in [0, 0.1) is 0 Å². The van der Waals surface area contributed by atoms with E-state index in [2.05, 4.69) is 6.92 Å². The fourth-order valence-corrected chi connectivity index (χ4v) is 1.25. The third kappa shape index (κ3) is 6.56. The summed E-state index contributed by atoms with van der Waals surface area (Å²) in [4.78, 5) is 0. The number of allylic oxidation sites excluding steroid dienone is 1. The first-order chi connectivity index (χ1) is 7.79. The molecule has 0 heterocycles. The van der Waals surface area contributed by atoms with Crippen LogP contribution in [-0.4, -0.2) is 27.6 Å². The first kappa shape index (κ1) is 15.1. The molecule has 16 heavy (non-hydrogen) atoms. The molecule has 0 saturated carbocycles. The Bertz CT molecular complexity index is 169. The van der Waals surface area contributed by atoms with E-state index in [0.29, 0.717) is 12.6 Å². The molecule has 4 heteroatoms. The van der Waals surface area contributed by atoms with E-state index < -0.39 is 0 Å². The van der Waals surface area contributed by atoms with Crippen LogP contribution in [0.3, 0.4) is 0 Å². The summed E-state index contributed by atoms with van der Waals surface area (Å²) in [7, 11) is 3.20. The lowest BCUT2D eigenvalue weighted by molar-refractivity contribution is -0.0707. The number of unbranched alkanes of at least 4 members (excludes halogenated alkanes) is 2. The summed E-state index contributed by atoms with van der Waals surface area (Å²) >= 11 is 0. The summed E-state index contributed by atoms with van der Waals surface area (Å²) in [6.07, 6.45) is 4.26. The SMILES string of the molecule is CCCCC/C(OC)=C(\OC)OCOCC. The molecule has 0 spiro atoms. The van der Waals surface area contributed by atoms with Crippen LogP contribution in [-0.2, 0) is 18.9 Å². The Hall–Kier alpha value is -0.900. The van der Waals surface area contributed by atoms with E-state index in [9.17, 15) is 0 Å². The fourth-order valence-electron chi connectivity index (χ4n) is 1.25. The lowest BCUT2D eigenvalue weighted by atomic mass is 10.2. The highest BCUT2D eigenvalue weighted by Gasteiger charge is 2.09. The fraction of sp³-hybridized carbons (Fsp3) is 0.833. The van der Waals surface area contributed by atoms with Crippen molar-refractivity contribution >= 4 is 0 Å². The molecular weight excluding hydrogens is 208 g/mol. The molecular formula is C12H24O4. The van der Waals surface area contributed by atoms with Crippen molar-refractivity contribution < 1.29 is 18.9 Å². The molecule has 0 unspecified atom stereocenters. The highest BCUT2D eigenvalue weighted by molar-refractivity contribution is 4.94. The van der Waals surface area contributed by atoms with E-state index in [-0.39, 0.29) is 6.79 Å². The first-order valence-electron chi connectivity index (χ1n) is 5.81. The van der Waals surface area contributed by atoms with Gasteiger partial charge in [-0.25, -0.2) is 0 Å². The highest BCUT2D eigenvalue weighted by Crippen LogP contribution is 2.16. The van der Waals surface area contributed by atoms with Crippen molar-refractivity contribution in [3.05, 3.63) is 11.7 Å². The Morgan fingerprint density at radius 1 is 1.00 bits per heavy atom. The molecule has 0 bridgehead atoms. The summed E-state index contributed by atoms with van der Waals surface area (Å²) in [6.45, 7) is 4.90. The molecule has 0 aliphatic rings. The molecule has 0 fully saturated rings. The van der Waals surface area contributed by atoms with Crippen LogP contribution in [0.25, 0.3) is 0 Å². The Balaban J connectivity index is 4.15. The van der Waals surface area contributed by atoms with Crippen LogP contribution in [0.15, 0.2) is 11.7 Å². The van der Waals surface area contributed by atoms with Gasteiger partial charge in [-0.2, -0.15) is 0 Å². The van der Waals surface area contributed by atoms with Crippen LogP contribution in [0.4, 0.5) is 0 Å². The lowest BCUT2D eigenvalue weighted by Gasteiger charge is -2.13. The van der Waals surface area contributed by atoms with Crippen molar-refractivity contribution in [2.75, 3.05) is 27.6 Å². The van der Waals surface area contributed by atoms with E-state index in [1.165, 1.54) is 12.8 Å². The van der Waals surface area contributed by atoms with Gasteiger partial charge in [0.2, 0.25) is 0 Å². The maximum atomic E-state index is 5.33. The van der Waals surface area contributed by atoms with Crippen molar-refractivity contribution in [1.82, 2.24) is 0 Å². The number of hydrogen-bond acceptors (Lipinski definition) is 4. The summed E-state index contributed by atoms with van der Waals surface area (Å²) in [5.41, 5.74) is 0. The van der Waals surface area contributed by atoms with Crippen molar-refractivity contribution in [3.63, 3.8) is 0 Å². The molecule has 0 N–H and O–H groups in total. The van der Waals surface area contributed by atoms with Gasteiger partial charge in [0.05, 0.1) is 14.2 Å². The molecule has 0 aliphatic heterocycles. The summed E-state index contributed by atoms with van der Waals surface area (Å²) in [6, 6.07) is 0. The van der Waals surface area contributed by atoms with Gasteiger partial charge in [0.15, 0.2) is 12.6 Å². The minimum absolute atomic E-state index is 0.195. The topological polar surface area (TPSA) is 36.9 Å². The largest absolute Gasteiger partial charge is 0.494 e. The van der Waals surface area contributed by atoms with Crippen LogP contribution < -0.4 is 0 Å². The third-order valence-corrected chi connectivity index (χ3v) is 2.14. The summed E-state index contributed by atoms with van der Waals surface area (Å²) in [5.74, 6) is 1.17. The third-order valence-electron chi connectivity index (χ3n) is 2.14. The molecule has 0 saturated heterocycles. The van der Waals surface area contributed by atoms with Gasteiger partial charge in [-0.15, -0.1) is 0 Å². The standard InChI is InChI=1S/C12H24O4/c1-5-7-8-9-11(13-3)12(14-4)16-10-15-6-2/h5-10H2,1-4H3/b12-11-. The molecule has 0 aromatic carbocycles. The minimum Gasteiger partial charge on any atom is -0.494 e. The van der Waals surface area contributed by atoms with Crippen molar-refractivity contribution in [1.29, 1.82) is 0 Å². The molecule has 0 radical (unpaired) electrons. The zero-order chi connectivity index (χ0) is 12.2. The van der Waals surface area contributed by atoms with Gasteiger partial charge in [-0.05, 0) is 13.3 Å². The van der Waals surface area contributed by atoms with Crippen molar-refractivity contribution in [2.45, 2.75) is 39.5 Å². The van der Waals surface area contributed by atoms with Crippen molar-refractivity contribution in [2.24, 2.45) is 0 Å². The summed E-state index contributed by atoms with van der Waals surface area (Å²) in [5, 5.41) is 0. The van der Waals surface area contributed by atoms with Crippen LogP contribution >= 0.6 is 0 Å². The second-order valence-corrected chi connectivity index (χ2v) is 3.33. The van der Waals surface area contributed by atoms with Gasteiger partial charge in [0.25, 0.3) is 0 Å². The Morgan fingerprint density at radius 3 is 2.25 bits per heavy atom. The molecule has 0 aliphatic carbocycles. The van der Waals surface area contributed by atoms with Crippen LogP contribution in [0.5, 0.6) is 0 Å². The number of rotatable bonds is 10. The molecule has 0 rings (SSSR count). The zero-order valence-electron chi connectivity index (χ0n) is 10.9. The van der Waals surface area contributed by atoms with Crippen molar-refractivity contribution in [3.8, 4) is 0 Å². The second-order valence-electron chi connectivity index (χ2n) is 3.33. The average molecular weight is 232 g/mol.